The van der Waals surface area contributed by atoms with Gasteiger partial charge in [-0.15, -0.1) is 0 Å². The first kappa shape index (κ1) is 9.75. The second-order valence-corrected chi connectivity index (χ2v) is 1.84. The highest BCUT2D eigenvalue weighted by atomic mass is 19.3. The summed E-state index contributed by atoms with van der Waals surface area (Å²) in [6.07, 6.45) is -5.13. The lowest BCUT2D eigenvalue weighted by molar-refractivity contribution is 0.0250. The Morgan fingerprint density at radius 2 is 1.90 bits per heavy atom. The Kier molecular flexibility index (Phi) is 5.39. The summed E-state index contributed by atoms with van der Waals surface area (Å²) in [6.45, 7) is 2.24. The van der Waals surface area contributed by atoms with Crippen LogP contribution in [0.4, 0.5) is 13.2 Å². The van der Waals surface area contributed by atoms with Gasteiger partial charge in [0.2, 0.25) is 0 Å². The predicted molar refractivity (Wildman–Crippen MR) is 32.0 cm³/mol. The summed E-state index contributed by atoms with van der Waals surface area (Å²) >= 11 is 0. The van der Waals surface area contributed by atoms with Crippen molar-refractivity contribution in [1.29, 1.82) is 0 Å². The molecule has 62 valence electrons. The molecule has 0 spiro atoms. The molecule has 4 heteroatoms. The lowest BCUT2D eigenvalue weighted by Crippen LogP contribution is -2.14. The van der Waals surface area contributed by atoms with Crippen LogP contribution in [0.3, 0.4) is 0 Å². The molecule has 0 saturated carbocycles. The number of rotatable bonds is 5. The minimum atomic E-state index is -2.87. The Morgan fingerprint density at radius 1 is 1.30 bits per heavy atom. The van der Waals surface area contributed by atoms with Gasteiger partial charge in [-0.1, -0.05) is 0 Å². The van der Waals surface area contributed by atoms with E-state index in [1.807, 2.05) is 0 Å². The van der Waals surface area contributed by atoms with Crippen LogP contribution < -0.4 is 0 Å². The van der Waals surface area contributed by atoms with Crippen molar-refractivity contribution in [3.63, 3.8) is 0 Å². The topological polar surface area (TPSA) is 9.23 Å². The van der Waals surface area contributed by atoms with Gasteiger partial charge in [-0.3, -0.25) is 0 Å². The summed E-state index contributed by atoms with van der Waals surface area (Å²) in [5, 5.41) is 0. The summed E-state index contributed by atoms with van der Waals surface area (Å²) < 4.78 is 39.5. The predicted octanol–water partition coefficient (Wildman–Crippen LogP) is 2.02. The molecule has 0 aromatic carbocycles. The largest absolute Gasteiger partial charge is 0.382 e. The van der Waals surface area contributed by atoms with E-state index in [-0.39, 0.29) is 13.0 Å². The van der Waals surface area contributed by atoms with Gasteiger partial charge in [0.25, 0.3) is 6.43 Å². The molecule has 0 aliphatic heterocycles. The zero-order chi connectivity index (χ0) is 7.98. The standard InChI is InChI=1S/C6H11F3O/c1-2-10-4-3-5(7)6(8)9/h5-6H,2-4H2,1H3. The van der Waals surface area contributed by atoms with Crippen molar-refractivity contribution >= 4 is 0 Å². The van der Waals surface area contributed by atoms with E-state index < -0.39 is 12.6 Å². The molecule has 0 aromatic rings. The Bertz CT molecular complexity index is 77.4. The van der Waals surface area contributed by atoms with Crippen LogP contribution in [0, 0.1) is 0 Å². The molecule has 1 nitrogen and oxygen atoms in total. The normalized spacial score (nSPS) is 14.1. The molecule has 0 rings (SSSR count). The van der Waals surface area contributed by atoms with E-state index in [1.165, 1.54) is 0 Å². The van der Waals surface area contributed by atoms with Gasteiger partial charge in [0.15, 0.2) is 6.17 Å². The smallest absolute Gasteiger partial charge is 0.269 e. The molecule has 0 N–H and O–H groups in total. The van der Waals surface area contributed by atoms with E-state index in [4.69, 9.17) is 0 Å². The van der Waals surface area contributed by atoms with Gasteiger partial charge in [0, 0.05) is 19.6 Å². The monoisotopic (exact) mass is 156 g/mol. The third kappa shape index (κ3) is 4.61. The third-order valence-corrected chi connectivity index (χ3v) is 1.02. The fourth-order valence-electron chi connectivity index (χ4n) is 0.466. The van der Waals surface area contributed by atoms with E-state index in [0.29, 0.717) is 6.61 Å². The Labute approximate surface area is 58.2 Å². The Balaban J connectivity index is 3.13. The fraction of sp³-hybridized carbons (Fsp3) is 1.00. The fourth-order valence-corrected chi connectivity index (χ4v) is 0.466. The van der Waals surface area contributed by atoms with E-state index >= 15 is 0 Å². The van der Waals surface area contributed by atoms with Crippen molar-refractivity contribution in [2.75, 3.05) is 13.2 Å². The van der Waals surface area contributed by atoms with E-state index in [0.717, 1.165) is 0 Å². The number of hydrogen-bond donors (Lipinski definition) is 0. The maximum atomic E-state index is 12.0. The minimum Gasteiger partial charge on any atom is -0.382 e. The Hall–Kier alpha value is -0.250. The quantitative estimate of drug-likeness (QED) is 0.553. The Morgan fingerprint density at radius 3 is 2.30 bits per heavy atom. The first-order valence-electron chi connectivity index (χ1n) is 3.18. The highest BCUT2D eigenvalue weighted by Gasteiger charge is 2.17. The number of ether oxygens (including phenoxy) is 1. The SMILES string of the molecule is CCOCCC(F)C(F)F. The molecule has 0 aromatic heterocycles. The number of hydrogen-bond acceptors (Lipinski definition) is 1. The summed E-state index contributed by atoms with van der Waals surface area (Å²) in [4.78, 5) is 0. The van der Waals surface area contributed by atoms with Gasteiger partial charge >= 0.3 is 0 Å². The summed E-state index contributed by atoms with van der Waals surface area (Å²) in [7, 11) is 0. The van der Waals surface area contributed by atoms with E-state index in [1.54, 1.807) is 6.92 Å². The van der Waals surface area contributed by atoms with E-state index in [2.05, 4.69) is 4.74 Å². The molecule has 1 atom stereocenters. The van der Waals surface area contributed by atoms with E-state index in [9.17, 15) is 13.2 Å². The van der Waals surface area contributed by atoms with Gasteiger partial charge in [0.1, 0.15) is 0 Å². The third-order valence-electron chi connectivity index (χ3n) is 1.02. The molecule has 0 fully saturated rings. The highest BCUT2D eigenvalue weighted by Crippen LogP contribution is 2.08. The highest BCUT2D eigenvalue weighted by molar-refractivity contribution is 4.56. The van der Waals surface area contributed by atoms with Crippen LogP contribution in [0.1, 0.15) is 13.3 Å². The maximum Gasteiger partial charge on any atom is 0.269 e. The van der Waals surface area contributed by atoms with Crippen molar-refractivity contribution in [3.05, 3.63) is 0 Å². The van der Waals surface area contributed by atoms with Crippen LogP contribution in [0.5, 0.6) is 0 Å². The average Bonchev–Trinajstić information content (AvgIpc) is 1.88. The van der Waals surface area contributed by atoms with Gasteiger partial charge < -0.3 is 4.74 Å². The molecule has 10 heavy (non-hydrogen) atoms. The van der Waals surface area contributed by atoms with Crippen molar-refractivity contribution in [1.82, 2.24) is 0 Å². The van der Waals surface area contributed by atoms with Crippen LogP contribution >= 0.6 is 0 Å². The summed E-state index contributed by atoms with van der Waals surface area (Å²) in [5.41, 5.74) is 0. The molecule has 0 aliphatic carbocycles. The van der Waals surface area contributed by atoms with Gasteiger partial charge in [-0.2, -0.15) is 0 Å². The lowest BCUT2D eigenvalue weighted by Gasteiger charge is -2.05. The molecule has 0 aliphatic rings. The molecule has 0 amide bonds. The van der Waals surface area contributed by atoms with Crippen LogP contribution in [0.25, 0.3) is 0 Å². The van der Waals surface area contributed by atoms with Crippen LogP contribution in [-0.4, -0.2) is 25.8 Å². The summed E-state index contributed by atoms with van der Waals surface area (Å²) in [5.74, 6) is 0. The van der Waals surface area contributed by atoms with Crippen molar-refractivity contribution < 1.29 is 17.9 Å². The van der Waals surface area contributed by atoms with Crippen LogP contribution in [0.2, 0.25) is 0 Å². The summed E-state index contributed by atoms with van der Waals surface area (Å²) in [6, 6.07) is 0. The zero-order valence-corrected chi connectivity index (χ0v) is 5.82. The first-order chi connectivity index (χ1) is 4.68. The molecule has 0 bridgehead atoms. The average molecular weight is 156 g/mol. The molecule has 0 heterocycles. The molecular formula is C6H11F3O. The number of halogens is 3. The molecular weight excluding hydrogens is 145 g/mol. The minimum absolute atomic E-state index is 0.0714. The second-order valence-electron chi connectivity index (χ2n) is 1.84. The molecule has 0 radical (unpaired) electrons. The maximum absolute atomic E-state index is 12.0. The lowest BCUT2D eigenvalue weighted by atomic mass is 10.3. The van der Waals surface area contributed by atoms with Crippen LogP contribution in [-0.2, 0) is 4.74 Å². The second kappa shape index (κ2) is 5.53. The van der Waals surface area contributed by atoms with Gasteiger partial charge in [-0.25, -0.2) is 13.2 Å². The van der Waals surface area contributed by atoms with Crippen LogP contribution in [0.15, 0.2) is 0 Å². The van der Waals surface area contributed by atoms with Crippen molar-refractivity contribution in [2.24, 2.45) is 0 Å². The molecule has 0 saturated heterocycles. The van der Waals surface area contributed by atoms with Crippen molar-refractivity contribution in [2.45, 2.75) is 25.9 Å². The molecule has 1 unspecified atom stereocenters. The van der Waals surface area contributed by atoms with Crippen molar-refractivity contribution in [3.8, 4) is 0 Å². The first-order valence-corrected chi connectivity index (χ1v) is 3.18. The number of alkyl halides is 3. The zero-order valence-electron chi connectivity index (χ0n) is 5.82. The van der Waals surface area contributed by atoms with Gasteiger partial charge in [0.05, 0.1) is 0 Å². The van der Waals surface area contributed by atoms with Gasteiger partial charge in [-0.05, 0) is 6.92 Å².